The standard InChI is InChI=1S/C22H31FN4O2/c23-19-5-7-20(8-6-19)25-13-15-26(16-14-25)21(28)17-24-9-11-27(12-10-24)22(29)18-3-1-2-4-18/h5-8,18H,1-4,9-17H2. The summed E-state index contributed by atoms with van der Waals surface area (Å²) in [6.45, 7) is 6.37. The molecular formula is C22H31FN4O2. The van der Waals surface area contributed by atoms with E-state index in [1.807, 2.05) is 9.80 Å². The second-order valence-corrected chi connectivity index (χ2v) is 8.43. The normalized spacial score (nSPS) is 21.6. The Morgan fingerprint density at radius 1 is 0.828 bits per heavy atom. The second kappa shape index (κ2) is 9.11. The Morgan fingerprint density at radius 2 is 1.41 bits per heavy atom. The van der Waals surface area contributed by atoms with E-state index in [1.54, 1.807) is 12.1 Å². The number of amides is 2. The number of rotatable bonds is 4. The van der Waals surface area contributed by atoms with Crippen LogP contribution in [-0.4, -0.2) is 85.4 Å². The van der Waals surface area contributed by atoms with Crippen molar-refractivity contribution in [2.75, 3.05) is 63.8 Å². The third-order valence-electron chi connectivity index (χ3n) is 6.57. The van der Waals surface area contributed by atoms with Crippen LogP contribution in [0.1, 0.15) is 25.7 Å². The Morgan fingerprint density at radius 3 is 2.03 bits per heavy atom. The molecule has 7 heteroatoms. The molecule has 1 aromatic rings. The van der Waals surface area contributed by atoms with Gasteiger partial charge in [-0.2, -0.15) is 0 Å². The molecule has 0 atom stereocenters. The maximum absolute atomic E-state index is 13.1. The first-order valence-electron chi connectivity index (χ1n) is 10.9. The van der Waals surface area contributed by atoms with Crippen molar-refractivity contribution in [2.24, 2.45) is 5.92 Å². The van der Waals surface area contributed by atoms with Gasteiger partial charge in [-0.25, -0.2) is 4.39 Å². The van der Waals surface area contributed by atoms with Crippen molar-refractivity contribution < 1.29 is 14.0 Å². The van der Waals surface area contributed by atoms with Gasteiger partial charge in [0, 0.05) is 64.0 Å². The summed E-state index contributed by atoms with van der Waals surface area (Å²) in [6.07, 6.45) is 4.45. The van der Waals surface area contributed by atoms with Crippen molar-refractivity contribution in [1.82, 2.24) is 14.7 Å². The molecule has 158 valence electrons. The number of carbonyl (C=O) groups excluding carboxylic acids is 2. The van der Waals surface area contributed by atoms with Crippen LogP contribution in [0.4, 0.5) is 10.1 Å². The lowest BCUT2D eigenvalue weighted by Gasteiger charge is -2.39. The fourth-order valence-corrected chi connectivity index (χ4v) is 4.71. The average molecular weight is 403 g/mol. The number of hydrogen-bond acceptors (Lipinski definition) is 4. The van der Waals surface area contributed by atoms with E-state index >= 15 is 0 Å². The summed E-state index contributed by atoms with van der Waals surface area (Å²) in [4.78, 5) is 33.6. The Kier molecular flexibility index (Phi) is 6.33. The molecule has 2 heterocycles. The van der Waals surface area contributed by atoms with Gasteiger partial charge < -0.3 is 14.7 Å². The zero-order chi connectivity index (χ0) is 20.2. The van der Waals surface area contributed by atoms with Gasteiger partial charge in [-0.15, -0.1) is 0 Å². The van der Waals surface area contributed by atoms with Crippen molar-refractivity contribution in [3.63, 3.8) is 0 Å². The topological polar surface area (TPSA) is 47.1 Å². The molecule has 2 saturated heterocycles. The largest absolute Gasteiger partial charge is 0.368 e. The van der Waals surface area contributed by atoms with Gasteiger partial charge in [-0.3, -0.25) is 14.5 Å². The third kappa shape index (κ3) is 4.89. The fourth-order valence-electron chi connectivity index (χ4n) is 4.71. The lowest BCUT2D eigenvalue weighted by atomic mass is 10.1. The summed E-state index contributed by atoms with van der Waals surface area (Å²) in [6, 6.07) is 6.53. The Balaban J connectivity index is 1.19. The first kappa shape index (κ1) is 20.1. The molecule has 0 N–H and O–H groups in total. The van der Waals surface area contributed by atoms with Crippen molar-refractivity contribution in [3.05, 3.63) is 30.1 Å². The molecule has 0 unspecified atom stereocenters. The lowest BCUT2D eigenvalue weighted by Crippen LogP contribution is -2.55. The number of piperazine rings is 2. The predicted octanol–water partition coefficient (Wildman–Crippen LogP) is 1.81. The van der Waals surface area contributed by atoms with Crippen LogP contribution in [0.2, 0.25) is 0 Å². The monoisotopic (exact) mass is 402 g/mol. The van der Waals surface area contributed by atoms with Gasteiger partial charge in [-0.05, 0) is 37.1 Å². The lowest BCUT2D eigenvalue weighted by molar-refractivity contribution is -0.138. The molecule has 0 spiro atoms. The minimum Gasteiger partial charge on any atom is -0.368 e. The Labute approximate surface area is 172 Å². The number of nitrogens with zero attached hydrogens (tertiary/aromatic N) is 4. The highest BCUT2D eigenvalue weighted by Crippen LogP contribution is 2.27. The smallest absolute Gasteiger partial charge is 0.236 e. The van der Waals surface area contributed by atoms with Crippen molar-refractivity contribution in [1.29, 1.82) is 0 Å². The minimum absolute atomic E-state index is 0.166. The molecule has 0 aromatic heterocycles. The number of carbonyl (C=O) groups is 2. The van der Waals surface area contributed by atoms with Gasteiger partial charge in [0.2, 0.25) is 11.8 Å². The predicted molar refractivity (Wildman–Crippen MR) is 110 cm³/mol. The maximum Gasteiger partial charge on any atom is 0.236 e. The van der Waals surface area contributed by atoms with Crippen LogP contribution in [0.15, 0.2) is 24.3 Å². The van der Waals surface area contributed by atoms with Crippen LogP contribution in [0.25, 0.3) is 0 Å². The fraction of sp³-hybridized carbons (Fsp3) is 0.636. The first-order chi connectivity index (χ1) is 14.1. The molecule has 29 heavy (non-hydrogen) atoms. The molecule has 0 radical (unpaired) electrons. The van der Waals surface area contributed by atoms with Gasteiger partial charge in [-0.1, -0.05) is 12.8 Å². The van der Waals surface area contributed by atoms with E-state index in [0.29, 0.717) is 25.5 Å². The maximum atomic E-state index is 13.1. The minimum atomic E-state index is -0.229. The molecular weight excluding hydrogens is 371 g/mol. The van der Waals surface area contributed by atoms with Gasteiger partial charge in [0.1, 0.15) is 5.82 Å². The van der Waals surface area contributed by atoms with E-state index in [-0.39, 0.29) is 17.6 Å². The molecule has 4 rings (SSSR count). The van der Waals surface area contributed by atoms with Gasteiger partial charge in [0.25, 0.3) is 0 Å². The van der Waals surface area contributed by atoms with Crippen LogP contribution in [0.3, 0.4) is 0 Å². The van der Waals surface area contributed by atoms with Gasteiger partial charge in [0.15, 0.2) is 0 Å². The van der Waals surface area contributed by atoms with Crippen molar-refractivity contribution >= 4 is 17.5 Å². The molecule has 1 aromatic carbocycles. The van der Waals surface area contributed by atoms with Crippen LogP contribution < -0.4 is 4.90 Å². The SMILES string of the molecule is O=C(CN1CCN(C(=O)C2CCCC2)CC1)N1CCN(c2ccc(F)cc2)CC1. The summed E-state index contributed by atoms with van der Waals surface area (Å²) in [5.41, 5.74) is 1.00. The number of benzene rings is 1. The van der Waals surface area contributed by atoms with E-state index in [0.717, 1.165) is 57.8 Å². The van der Waals surface area contributed by atoms with E-state index < -0.39 is 0 Å². The van der Waals surface area contributed by atoms with Crippen LogP contribution in [-0.2, 0) is 9.59 Å². The molecule has 1 saturated carbocycles. The first-order valence-corrected chi connectivity index (χ1v) is 10.9. The summed E-state index contributed by atoms with van der Waals surface area (Å²) in [7, 11) is 0. The van der Waals surface area contributed by atoms with Crippen molar-refractivity contribution in [3.8, 4) is 0 Å². The van der Waals surface area contributed by atoms with E-state index in [2.05, 4.69) is 9.80 Å². The van der Waals surface area contributed by atoms with Crippen molar-refractivity contribution in [2.45, 2.75) is 25.7 Å². The van der Waals surface area contributed by atoms with Gasteiger partial charge in [0.05, 0.1) is 6.54 Å². The van der Waals surface area contributed by atoms with E-state index in [9.17, 15) is 14.0 Å². The Hall–Kier alpha value is -2.15. The van der Waals surface area contributed by atoms with Crippen LogP contribution in [0.5, 0.6) is 0 Å². The average Bonchev–Trinajstić information content (AvgIpc) is 3.29. The summed E-state index contributed by atoms with van der Waals surface area (Å²) in [5.74, 6) is 0.498. The van der Waals surface area contributed by atoms with Crippen LogP contribution in [0, 0.1) is 11.7 Å². The highest BCUT2D eigenvalue weighted by atomic mass is 19.1. The zero-order valence-corrected chi connectivity index (χ0v) is 17.1. The highest BCUT2D eigenvalue weighted by molar-refractivity contribution is 5.80. The third-order valence-corrected chi connectivity index (χ3v) is 6.57. The highest BCUT2D eigenvalue weighted by Gasteiger charge is 2.30. The van der Waals surface area contributed by atoms with E-state index in [4.69, 9.17) is 0 Å². The zero-order valence-electron chi connectivity index (χ0n) is 17.1. The quantitative estimate of drug-likeness (QED) is 0.771. The number of anilines is 1. The second-order valence-electron chi connectivity index (χ2n) is 8.43. The molecule has 6 nitrogen and oxygen atoms in total. The molecule has 0 bridgehead atoms. The van der Waals surface area contributed by atoms with E-state index in [1.165, 1.54) is 25.0 Å². The molecule has 2 amide bonds. The number of hydrogen-bond donors (Lipinski definition) is 0. The number of halogens is 1. The molecule has 3 aliphatic rings. The van der Waals surface area contributed by atoms with Gasteiger partial charge >= 0.3 is 0 Å². The summed E-state index contributed by atoms with van der Waals surface area (Å²) in [5, 5.41) is 0. The molecule has 1 aliphatic carbocycles. The Bertz CT molecular complexity index is 704. The summed E-state index contributed by atoms with van der Waals surface area (Å²) < 4.78 is 13.1. The van der Waals surface area contributed by atoms with Crippen LogP contribution >= 0.6 is 0 Å². The molecule has 2 aliphatic heterocycles. The molecule has 3 fully saturated rings. The summed E-state index contributed by atoms with van der Waals surface area (Å²) >= 11 is 0.